The monoisotopic (exact) mass is 548 g/mol. The van der Waals surface area contributed by atoms with Gasteiger partial charge in [-0.2, -0.15) is 0 Å². The first-order valence-corrected chi connectivity index (χ1v) is 11.7. The second kappa shape index (κ2) is 8.82. The standard InChI is InChI=1S/C26H21IN4O2/c27-18-6-1-15(2-7-18)13-23(33)30-26-24(16-3-9-20(32)10-4-16)31-25-21-11-8-19(28)14-17(21)5-12-22(25)29-26/h1-4,6-11,14,32H,5,12-13,28H2,(H,29,30,33). The lowest BCUT2D eigenvalue weighted by molar-refractivity contribution is -0.115. The van der Waals surface area contributed by atoms with Crippen molar-refractivity contribution in [2.45, 2.75) is 19.3 Å². The molecule has 0 spiro atoms. The fourth-order valence-corrected chi connectivity index (χ4v) is 4.40. The molecule has 0 saturated carbocycles. The summed E-state index contributed by atoms with van der Waals surface area (Å²) in [5, 5.41) is 12.7. The van der Waals surface area contributed by atoms with Gasteiger partial charge in [0.15, 0.2) is 5.82 Å². The van der Waals surface area contributed by atoms with E-state index in [1.807, 2.05) is 42.5 Å². The number of nitrogens with one attached hydrogen (secondary N) is 1. The van der Waals surface area contributed by atoms with Crippen molar-refractivity contribution in [2.24, 2.45) is 0 Å². The number of benzene rings is 3. The Morgan fingerprint density at radius 2 is 1.73 bits per heavy atom. The van der Waals surface area contributed by atoms with E-state index < -0.39 is 0 Å². The number of aryl methyl sites for hydroxylation is 2. The highest BCUT2D eigenvalue weighted by molar-refractivity contribution is 14.1. The Morgan fingerprint density at radius 1 is 0.970 bits per heavy atom. The average molecular weight is 548 g/mol. The van der Waals surface area contributed by atoms with Crippen molar-refractivity contribution in [3.8, 4) is 28.3 Å². The molecule has 1 heterocycles. The summed E-state index contributed by atoms with van der Waals surface area (Å²) in [4.78, 5) is 22.7. The number of anilines is 2. The molecule has 5 rings (SSSR count). The zero-order valence-corrected chi connectivity index (χ0v) is 19.8. The first-order valence-electron chi connectivity index (χ1n) is 10.6. The Kier molecular flexibility index (Phi) is 5.72. The van der Waals surface area contributed by atoms with Crippen LogP contribution in [-0.4, -0.2) is 21.0 Å². The van der Waals surface area contributed by atoms with Gasteiger partial charge in [-0.25, -0.2) is 9.97 Å². The molecule has 0 atom stereocenters. The van der Waals surface area contributed by atoms with E-state index >= 15 is 0 Å². The van der Waals surface area contributed by atoms with Crippen LogP contribution in [0.15, 0.2) is 66.7 Å². The summed E-state index contributed by atoms with van der Waals surface area (Å²) in [5.41, 5.74) is 12.8. The highest BCUT2D eigenvalue weighted by atomic mass is 127. The van der Waals surface area contributed by atoms with E-state index in [-0.39, 0.29) is 18.1 Å². The zero-order chi connectivity index (χ0) is 22.9. The number of phenols is 1. The van der Waals surface area contributed by atoms with Crippen LogP contribution in [0.4, 0.5) is 11.5 Å². The summed E-state index contributed by atoms with van der Waals surface area (Å²) in [6, 6.07) is 20.4. The Morgan fingerprint density at radius 3 is 2.48 bits per heavy atom. The molecule has 1 amide bonds. The van der Waals surface area contributed by atoms with Crippen LogP contribution >= 0.6 is 22.6 Å². The van der Waals surface area contributed by atoms with Gasteiger partial charge in [0.2, 0.25) is 5.91 Å². The molecule has 6 nitrogen and oxygen atoms in total. The van der Waals surface area contributed by atoms with E-state index in [0.717, 1.165) is 49.3 Å². The molecule has 0 fully saturated rings. The number of nitrogens with two attached hydrogens (primary N) is 1. The lowest BCUT2D eigenvalue weighted by Crippen LogP contribution is -2.19. The second-order valence-corrected chi connectivity index (χ2v) is 9.28. The van der Waals surface area contributed by atoms with Crippen LogP contribution in [-0.2, 0) is 24.1 Å². The summed E-state index contributed by atoms with van der Waals surface area (Å²) in [6.07, 6.45) is 1.78. The van der Waals surface area contributed by atoms with Crippen molar-refractivity contribution in [2.75, 3.05) is 11.1 Å². The maximum Gasteiger partial charge on any atom is 0.230 e. The van der Waals surface area contributed by atoms with E-state index in [0.29, 0.717) is 17.9 Å². The molecule has 164 valence electrons. The normalized spacial score (nSPS) is 12.0. The van der Waals surface area contributed by atoms with E-state index in [2.05, 4.69) is 27.9 Å². The first kappa shape index (κ1) is 21.4. The molecule has 0 saturated heterocycles. The van der Waals surface area contributed by atoms with Crippen molar-refractivity contribution in [1.29, 1.82) is 0 Å². The zero-order valence-electron chi connectivity index (χ0n) is 17.7. The quantitative estimate of drug-likeness (QED) is 0.247. The summed E-state index contributed by atoms with van der Waals surface area (Å²) < 4.78 is 1.12. The van der Waals surface area contributed by atoms with E-state index in [1.165, 1.54) is 0 Å². The molecule has 1 aromatic heterocycles. The molecule has 1 aliphatic rings. The van der Waals surface area contributed by atoms with Gasteiger partial charge in [0, 0.05) is 20.4 Å². The summed E-state index contributed by atoms with van der Waals surface area (Å²) in [5.74, 6) is 0.429. The van der Waals surface area contributed by atoms with Crippen LogP contribution in [0.5, 0.6) is 5.75 Å². The third-order valence-electron chi connectivity index (χ3n) is 5.66. The number of hydrogen-bond acceptors (Lipinski definition) is 5. The first-order chi connectivity index (χ1) is 16.0. The van der Waals surface area contributed by atoms with Crippen LogP contribution in [0.3, 0.4) is 0 Å². The number of nitrogen functional groups attached to an aromatic ring is 1. The molecule has 0 aliphatic heterocycles. The largest absolute Gasteiger partial charge is 0.508 e. The minimum Gasteiger partial charge on any atom is -0.508 e. The lowest BCUT2D eigenvalue weighted by Gasteiger charge is -2.21. The van der Waals surface area contributed by atoms with Gasteiger partial charge in [0.25, 0.3) is 0 Å². The molecule has 0 bridgehead atoms. The highest BCUT2D eigenvalue weighted by Crippen LogP contribution is 2.36. The summed E-state index contributed by atoms with van der Waals surface area (Å²) in [7, 11) is 0. The Hall–Kier alpha value is -3.46. The van der Waals surface area contributed by atoms with Crippen molar-refractivity contribution in [3.63, 3.8) is 0 Å². The number of fused-ring (bicyclic) bond motifs is 3. The van der Waals surface area contributed by atoms with Crippen molar-refractivity contribution in [1.82, 2.24) is 9.97 Å². The minimum absolute atomic E-state index is 0.158. The van der Waals surface area contributed by atoms with Crippen LogP contribution in [0, 0.1) is 3.57 Å². The number of aromatic nitrogens is 2. The average Bonchev–Trinajstić information content (AvgIpc) is 2.80. The summed E-state index contributed by atoms with van der Waals surface area (Å²) in [6.45, 7) is 0. The number of amides is 1. The van der Waals surface area contributed by atoms with Gasteiger partial charge >= 0.3 is 0 Å². The topological polar surface area (TPSA) is 101 Å². The molecular formula is C26H21IN4O2. The number of rotatable bonds is 4. The van der Waals surface area contributed by atoms with Crippen LogP contribution in [0.1, 0.15) is 16.8 Å². The highest BCUT2D eigenvalue weighted by Gasteiger charge is 2.23. The van der Waals surface area contributed by atoms with Gasteiger partial charge in [-0.15, -0.1) is 0 Å². The predicted octanol–water partition coefficient (Wildman–Crippen LogP) is 4.98. The molecule has 0 radical (unpaired) electrons. The van der Waals surface area contributed by atoms with E-state index in [1.54, 1.807) is 24.3 Å². The third kappa shape index (κ3) is 4.54. The fourth-order valence-electron chi connectivity index (χ4n) is 4.04. The predicted molar refractivity (Wildman–Crippen MR) is 138 cm³/mol. The van der Waals surface area contributed by atoms with Gasteiger partial charge < -0.3 is 16.2 Å². The summed E-state index contributed by atoms with van der Waals surface area (Å²) >= 11 is 2.24. The van der Waals surface area contributed by atoms with Gasteiger partial charge in [-0.05, 0) is 95.1 Å². The van der Waals surface area contributed by atoms with Gasteiger partial charge in [-0.1, -0.05) is 18.2 Å². The molecule has 4 N–H and O–H groups in total. The number of nitrogens with zero attached hydrogens (tertiary/aromatic N) is 2. The molecule has 33 heavy (non-hydrogen) atoms. The molecule has 7 heteroatoms. The van der Waals surface area contributed by atoms with Crippen molar-refractivity contribution >= 4 is 40.0 Å². The minimum atomic E-state index is -0.158. The molecule has 0 unspecified atom stereocenters. The molecular weight excluding hydrogens is 527 g/mol. The number of aromatic hydroxyl groups is 1. The maximum atomic E-state index is 12.9. The Balaban J connectivity index is 1.55. The van der Waals surface area contributed by atoms with E-state index in [4.69, 9.17) is 15.7 Å². The SMILES string of the molecule is Nc1ccc2c(c1)CCc1nc(NC(=O)Cc3ccc(I)cc3)c(-c3ccc(O)cc3)nc1-2. The van der Waals surface area contributed by atoms with Crippen molar-refractivity contribution in [3.05, 3.63) is 87.1 Å². The second-order valence-electron chi connectivity index (χ2n) is 8.03. The molecule has 4 aromatic rings. The van der Waals surface area contributed by atoms with E-state index in [9.17, 15) is 9.90 Å². The third-order valence-corrected chi connectivity index (χ3v) is 6.38. The Bertz CT molecular complexity index is 1350. The van der Waals surface area contributed by atoms with Crippen LogP contribution in [0.25, 0.3) is 22.5 Å². The number of hydrogen-bond donors (Lipinski definition) is 3. The molecule has 3 aromatic carbocycles. The van der Waals surface area contributed by atoms with Crippen LogP contribution < -0.4 is 11.1 Å². The van der Waals surface area contributed by atoms with Gasteiger partial charge in [0.1, 0.15) is 11.4 Å². The number of phenolic OH excluding ortho intramolecular Hbond substituents is 1. The van der Waals surface area contributed by atoms with Crippen LogP contribution in [0.2, 0.25) is 0 Å². The van der Waals surface area contributed by atoms with Gasteiger partial charge in [-0.3, -0.25) is 4.79 Å². The Labute approximate surface area is 205 Å². The number of halogens is 1. The van der Waals surface area contributed by atoms with Crippen molar-refractivity contribution < 1.29 is 9.90 Å². The molecule has 1 aliphatic carbocycles. The smallest absolute Gasteiger partial charge is 0.230 e. The lowest BCUT2D eigenvalue weighted by atomic mass is 9.91. The van der Waals surface area contributed by atoms with Gasteiger partial charge in [0.05, 0.1) is 17.8 Å². The maximum absolute atomic E-state index is 12.9. The number of carbonyl (C=O) groups is 1. The fraction of sp³-hybridized carbons (Fsp3) is 0.115. The number of carbonyl (C=O) groups excluding carboxylic acids is 1.